The average Bonchev–Trinajstić information content (AvgIpc) is 2.27. The predicted octanol–water partition coefficient (Wildman–Crippen LogP) is 1.92. The Morgan fingerprint density at radius 2 is 2.17 bits per heavy atom. The molecular formula is C13H16N2O2S. The first kappa shape index (κ1) is 13.1. The zero-order valence-corrected chi connectivity index (χ0v) is 11.5. The molecule has 0 spiro atoms. The molecule has 1 N–H and O–H groups in total. The number of amides is 1. The van der Waals surface area contributed by atoms with Crippen LogP contribution in [0, 0.1) is 0 Å². The topological polar surface area (TPSA) is 49.4 Å². The lowest BCUT2D eigenvalue weighted by atomic mass is 10.0. The lowest BCUT2D eigenvalue weighted by molar-refractivity contribution is -0.121. The Hall–Kier alpha value is -1.33. The predicted molar refractivity (Wildman–Crippen MR) is 72.9 cm³/mol. The van der Waals surface area contributed by atoms with Gasteiger partial charge in [0.05, 0.1) is 17.5 Å². The largest absolute Gasteiger partial charge is 0.324 e. The van der Waals surface area contributed by atoms with Crippen LogP contribution in [-0.2, 0) is 9.59 Å². The van der Waals surface area contributed by atoms with Gasteiger partial charge in [0, 0.05) is 4.90 Å². The number of ketones is 1. The van der Waals surface area contributed by atoms with Gasteiger partial charge < -0.3 is 5.32 Å². The summed E-state index contributed by atoms with van der Waals surface area (Å²) in [4.78, 5) is 26.0. The molecule has 1 unspecified atom stereocenters. The van der Waals surface area contributed by atoms with Gasteiger partial charge in [0.25, 0.3) is 0 Å². The first-order valence-corrected chi connectivity index (χ1v) is 6.71. The quantitative estimate of drug-likeness (QED) is 0.906. The lowest BCUT2D eigenvalue weighted by Gasteiger charge is -2.24. The number of rotatable bonds is 3. The van der Waals surface area contributed by atoms with E-state index in [9.17, 15) is 9.59 Å². The Kier molecular flexibility index (Phi) is 3.73. The summed E-state index contributed by atoms with van der Waals surface area (Å²) in [5.74, 6) is 0.555. The summed E-state index contributed by atoms with van der Waals surface area (Å²) < 4.78 is 0. The van der Waals surface area contributed by atoms with Gasteiger partial charge in [-0.25, -0.2) is 0 Å². The van der Waals surface area contributed by atoms with Crippen molar-refractivity contribution in [2.75, 3.05) is 25.2 Å². The fraction of sp³-hybridized carbons (Fsp3) is 0.385. The number of likely N-dealkylation sites (N-methyl/N-ethyl adjacent to an activating group) is 1. The number of hydrogen-bond donors (Lipinski definition) is 1. The van der Waals surface area contributed by atoms with E-state index in [1.165, 1.54) is 11.8 Å². The fourth-order valence-corrected chi connectivity index (χ4v) is 2.96. The van der Waals surface area contributed by atoms with E-state index in [2.05, 4.69) is 5.32 Å². The SMILES string of the molecule is CC(=O)C(c1ccc2c(c1)NC(=O)CS2)N(C)C. The Balaban J connectivity index is 2.38. The number of carbonyl (C=O) groups excluding carboxylic acids is 2. The number of nitrogens with one attached hydrogen (secondary N) is 1. The maximum absolute atomic E-state index is 11.7. The summed E-state index contributed by atoms with van der Waals surface area (Å²) in [5, 5.41) is 2.84. The Labute approximate surface area is 111 Å². The number of anilines is 1. The van der Waals surface area contributed by atoms with Crippen molar-refractivity contribution in [3.05, 3.63) is 23.8 Å². The van der Waals surface area contributed by atoms with Crippen LogP contribution in [0.25, 0.3) is 0 Å². The van der Waals surface area contributed by atoms with Crippen molar-refractivity contribution in [1.29, 1.82) is 0 Å². The number of hydrogen-bond acceptors (Lipinski definition) is 4. The van der Waals surface area contributed by atoms with Crippen molar-refractivity contribution >= 4 is 29.1 Å². The van der Waals surface area contributed by atoms with Crippen molar-refractivity contribution in [1.82, 2.24) is 4.90 Å². The number of thioether (sulfide) groups is 1. The summed E-state index contributed by atoms with van der Waals surface area (Å²) in [6.07, 6.45) is 0. The van der Waals surface area contributed by atoms with E-state index >= 15 is 0 Å². The molecular weight excluding hydrogens is 248 g/mol. The maximum atomic E-state index is 11.7. The van der Waals surface area contributed by atoms with Crippen molar-refractivity contribution < 1.29 is 9.59 Å². The van der Waals surface area contributed by atoms with Crippen LogP contribution in [0.2, 0.25) is 0 Å². The molecule has 2 rings (SSSR count). The number of carbonyl (C=O) groups is 2. The molecule has 1 aromatic rings. The molecule has 0 saturated heterocycles. The monoisotopic (exact) mass is 264 g/mol. The van der Waals surface area contributed by atoms with Crippen LogP contribution in [0.15, 0.2) is 23.1 Å². The molecule has 5 heteroatoms. The number of nitrogens with zero attached hydrogens (tertiary/aromatic N) is 1. The molecule has 1 aliphatic heterocycles. The van der Waals surface area contributed by atoms with Gasteiger partial charge in [-0.2, -0.15) is 0 Å². The molecule has 18 heavy (non-hydrogen) atoms. The molecule has 4 nitrogen and oxygen atoms in total. The molecule has 0 bridgehead atoms. The normalized spacial score (nSPS) is 16.1. The Bertz CT molecular complexity index is 500. The van der Waals surface area contributed by atoms with E-state index < -0.39 is 0 Å². The molecule has 1 aromatic carbocycles. The van der Waals surface area contributed by atoms with Crippen LogP contribution in [-0.4, -0.2) is 36.4 Å². The van der Waals surface area contributed by atoms with Crippen LogP contribution in [0.5, 0.6) is 0 Å². The van der Waals surface area contributed by atoms with Crippen molar-refractivity contribution in [2.45, 2.75) is 17.9 Å². The molecule has 0 aliphatic carbocycles. The van der Waals surface area contributed by atoms with Gasteiger partial charge in [0.15, 0.2) is 5.78 Å². The summed E-state index contributed by atoms with van der Waals surface area (Å²) in [7, 11) is 3.75. The third-order valence-corrected chi connectivity index (χ3v) is 3.93. The van der Waals surface area contributed by atoms with Crippen molar-refractivity contribution in [3.8, 4) is 0 Å². The molecule has 0 saturated carbocycles. The van der Waals surface area contributed by atoms with Crippen LogP contribution in [0.1, 0.15) is 18.5 Å². The third-order valence-electron chi connectivity index (χ3n) is 2.85. The minimum atomic E-state index is -0.265. The highest BCUT2D eigenvalue weighted by molar-refractivity contribution is 8.00. The van der Waals surface area contributed by atoms with E-state index in [-0.39, 0.29) is 17.7 Å². The van der Waals surface area contributed by atoms with Crippen molar-refractivity contribution in [2.24, 2.45) is 0 Å². The highest BCUT2D eigenvalue weighted by Gasteiger charge is 2.22. The van der Waals surface area contributed by atoms with Crippen molar-refractivity contribution in [3.63, 3.8) is 0 Å². The van der Waals surface area contributed by atoms with E-state index in [4.69, 9.17) is 0 Å². The van der Waals surface area contributed by atoms with Gasteiger partial charge in [0.2, 0.25) is 5.91 Å². The number of benzene rings is 1. The second-order valence-electron chi connectivity index (χ2n) is 4.57. The minimum Gasteiger partial charge on any atom is -0.324 e. The second kappa shape index (κ2) is 5.12. The van der Waals surface area contributed by atoms with Gasteiger partial charge in [0.1, 0.15) is 0 Å². The number of Topliss-reactive ketones (excluding diaryl/α,β-unsaturated/α-hetero) is 1. The molecule has 0 radical (unpaired) electrons. The fourth-order valence-electron chi connectivity index (χ4n) is 2.17. The summed E-state index contributed by atoms with van der Waals surface area (Å²) in [6, 6.07) is 5.55. The highest BCUT2D eigenvalue weighted by Crippen LogP contribution is 2.34. The number of fused-ring (bicyclic) bond motifs is 1. The third kappa shape index (κ3) is 2.57. The molecule has 0 fully saturated rings. The van der Waals surface area contributed by atoms with Crippen LogP contribution in [0.3, 0.4) is 0 Å². The zero-order chi connectivity index (χ0) is 13.3. The summed E-state index contributed by atoms with van der Waals surface area (Å²) in [6.45, 7) is 1.58. The molecule has 1 amide bonds. The van der Waals surface area contributed by atoms with Crippen LogP contribution >= 0.6 is 11.8 Å². The smallest absolute Gasteiger partial charge is 0.234 e. The zero-order valence-electron chi connectivity index (χ0n) is 10.7. The standard InChI is InChI=1S/C13H16N2O2S/c1-8(16)13(15(2)3)9-4-5-11-10(6-9)14-12(17)7-18-11/h4-6,13H,7H2,1-3H3,(H,14,17). The van der Waals surface area contributed by atoms with E-state index in [1.54, 1.807) is 6.92 Å². The van der Waals surface area contributed by atoms with Gasteiger partial charge >= 0.3 is 0 Å². The lowest BCUT2D eigenvalue weighted by Crippen LogP contribution is -2.26. The second-order valence-corrected chi connectivity index (χ2v) is 5.59. The van der Waals surface area contributed by atoms with E-state index in [0.717, 1.165) is 16.1 Å². The van der Waals surface area contributed by atoms with E-state index in [1.807, 2.05) is 37.2 Å². The van der Waals surface area contributed by atoms with E-state index in [0.29, 0.717) is 5.75 Å². The summed E-state index contributed by atoms with van der Waals surface area (Å²) >= 11 is 1.52. The minimum absolute atomic E-state index is 0.00822. The maximum Gasteiger partial charge on any atom is 0.234 e. The average molecular weight is 264 g/mol. The van der Waals surface area contributed by atoms with Gasteiger partial charge in [-0.3, -0.25) is 14.5 Å². The Morgan fingerprint density at radius 1 is 1.44 bits per heavy atom. The molecule has 1 aliphatic rings. The molecule has 1 heterocycles. The van der Waals surface area contributed by atoms with Crippen LogP contribution < -0.4 is 5.32 Å². The summed E-state index contributed by atoms with van der Waals surface area (Å²) in [5.41, 5.74) is 1.72. The molecule has 0 aromatic heterocycles. The Morgan fingerprint density at radius 3 is 2.78 bits per heavy atom. The molecule has 1 atom stereocenters. The highest BCUT2D eigenvalue weighted by atomic mass is 32.2. The first-order valence-electron chi connectivity index (χ1n) is 5.72. The van der Waals surface area contributed by atoms with Crippen LogP contribution in [0.4, 0.5) is 5.69 Å². The first-order chi connectivity index (χ1) is 8.49. The van der Waals surface area contributed by atoms with Gasteiger partial charge in [-0.15, -0.1) is 11.8 Å². The molecule has 96 valence electrons. The van der Waals surface area contributed by atoms with Gasteiger partial charge in [-0.05, 0) is 38.7 Å². The van der Waals surface area contributed by atoms with Gasteiger partial charge in [-0.1, -0.05) is 6.07 Å².